The molecule has 0 aliphatic carbocycles. The van der Waals surface area contributed by atoms with Crippen LogP contribution in [0.2, 0.25) is 0 Å². The fourth-order valence-corrected chi connectivity index (χ4v) is 5.23. The van der Waals surface area contributed by atoms with Gasteiger partial charge in [0.2, 0.25) is 0 Å². The minimum absolute atomic E-state index is 0.0319. The highest BCUT2D eigenvalue weighted by Gasteiger charge is 2.35. The average molecular weight is 573 g/mol. The number of rotatable bonds is 5. The van der Waals surface area contributed by atoms with E-state index in [4.69, 9.17) is 0 Å². The molecule has 3 heterocycles. The lowest BCUT2D eigenvalue weighted by atomic mass is 9.97. The normalized spacial score (nSPS) is 18.4. The molecule has 1 saturated heterocycles. The second-order valence-corrected chi connectivity index (χ2v) is 9.66. The second-order valence-electron chi connectivity index (χ2n) is 7.75. The van der Waals surface area contributed by atoms with E-state index in [1.165, 1.54) is 17.6 Å². The summed E-state index contributed by atoms with van der Waals surface area (Å²) in [6, 6.07) is 6.10. The van der Waals surface area contributed by atoms with Gasteiger partial charge in [-0.25, -0.2) is 14.4 Å². The fraction of sp³-hybridized carbons (Fsp3) is 0.273. The number of amides is 1. The molecule has 4 rings (SSSR count). The maximum absolute atomic E-state index is 14.4. The number of aliphatic carboxylic acids is 1. The van der Waals surface area contributed by atoms with Gasteiger partial charge in [-0.1, -0.05) is 22.0 Å². The number of nitrogens with one attached hydrogen (secondary N) is 1. The fourth-order valence-electron chi connectivity index (χ4n) is 3.66. The van der Waals surface area contributed by atoms with Crippen LogP contribution >= 0.6 is 27.3 Å². The zero-order chi connectivity index (χ0) is 25.3. The first kappa shape index (κ1) is 25.0. The van der Waals surface area contributed by atoms with E-state index in [-0.39, 0.29) is 26.9 Å². The molecule has 2 unspecified atom stereocenters. The lowest BCUT2D eigenvalue weighted by Gasteiger charge is -2.35. The topological polar surface area (TPSA) is 95.4 Å². The first-order valence-corrected chi connectivity index (χ1v) is 12.1. The highest BCUT2D eigenvalue weighted by molar-refractivity contribution is 9.09. The summed E-state index contributed by atoms with van der Waals surface area (Å²) in [5.41, 5.74) is -1.53. The molecular weight excluding hydrogens is 556 g/mol. The monoisotopic (exact) mass is 572 g/mol. The second kappa shape index (κ2) is 9.90. The number of hydrogen-bond acceptors (Lipinski definition) is 6. The van der Waals surface area contributed by atoms with E-state index >= 15 is 0 Å². The van der Waals surface area contributed by atoms with Crippen LogP contribution in [0.3, 0.4) is 0 Å². The van der Waals surface area contributed by atoms with Gasteiger partial charge < -0.3 is 10.0 Å². The van der Waals surface area contributed by atoms with Crippen LogP contribution in [0.15, 0.2) is 41.9 Å². The van der Waals surface area contributed by atoms with Gasteiger partial charge in [0.1, 0.15) is 11.6 Å². The number of carbonyl (C=O) groups excluding carboxylic acids is 1. The molecule has 7 nitrogen and oxygen atoms in total. The van der Waals surface area contributed by atoms with E-state index in [9.17, 15) is 32.3 Å². The van der Waals surface area contributed by atoms with Crippen LogP contribution in [0.5, 0.6) is 0 Å². The van der Waals surface area contributed by atoms with Gasteiger partial charge in [-0.2, -0.15) is 13.2 Å². The number of halogens is 5. The van der Waals surface area contributed by atoms with E-state index in [1.54, 1.807) is 12.1 Å². The van der Waals surface area contributed by atoms with Crippen molar-refractivity contribution in [3.8, 4) is 11.3 Å². The number of benzene rings is 1. The van der Waals surface area contributed by atoms with E-state index in [1.807, 2.05) is 4.90 Å². The number of aromatic nitrogens is 2. The summed E-state index contributed by atoms with van der Waals surface area (Å²) in [6.07, 6.45) is -2.60. The lowest BCUT2D eigenvalue weighted by Crippen LogP contribution is -2.41. The minimum atomic E-state index is -4.84. The molecule has 1 aliphatic heterocycles. The number of carboxylic acids is 1. The molecule has 1 fully saturated rings. The smallest absolute Gasteiger partial charge is 0.419 e. The quantitative estimate of drug-likeness (QED) is 0.233. The Morgan fingerprint density at radius 1 is 1.23 bits per heavy atom. The SMILES string of the molecule is O=C(Nc1nc(-c2cccc(C(F)(F)F)c2F)cs1)c1ccc(N2CCC(C(=O)O)CC2Br)nc1. The predicted octanol–water partition coefficient (Wildman–Crippen LogP) is 5.64. The maximum atomic E-state index is 14.4. The Morgan fingerprint density at radius 3 is 2.63 bits per heavy atom. The summed E-state index contributed by atoms with van der Waals surface area (Å²) in [7, 11) is 0. The summed E-state index contributed by atoms with van der Waals surface area (Å²) < 4.78 is 53.3. The molecule has 0 spiro atoms. The van der Waals surface area contributed by atoms with Gasteiger partial charge in [0.15, 0.2) is 5.13 Å². The molecule has 0 saturated carbocycles. The third kappa shape index (κ3) is 5.45. The van der Waals surface area contributed by atoms with Crippen LogP contribution < -0.4 is 10.2 Å². The van der Waals surface area contributed by atoms with Gasteiger partial charge in [-0.3, -0.25) is 14.9 Å². The summed E-state index contributed by atoms with van der Waals surface area (Å²) in [4.78, 5) is 33.8. The van der Waals surface area contributed by atoms with Crippen molar-refractivity contribution >= 4 is 50.1 Å². The molecule has 2 aromatic heterocycles. The van der Waals surface area contributed by atoms with Crippen LogP contribution in [0, 0.1) is 11.7 Å². The number of pyridine rings is 1. The number of anilines is 2. The Labute approximate surface area is 208 Å². The zero-order valence-electron chi connectivity index (χ0n) is 17.7. The van der Waals surface area contributed by atoms with E-state index in [2.05, 4.69) is 31.2 Å². The highest BCUT2D eigenvalue weighted by atomic mass is 79.9. The number of carbonyl (C=O) groups is 2. The Balaban J connectivity index is 1.44. The molecule has 1 aliphatic rings. The number of nitrogens with zero attached hydrogens (tertiary/aromatic N) is 3. The largest absolute Gasteiger partial charge is 0.481 e. The van der Waals surface area contributed by atoms with Crippen molar-refractivity contribution in [2.75, 3.05) is 16.8 Å². The van der Waals surface area contributed by atoms with Crippen LogP contribution in [-0.2, 0) is 11.0 Å². The number of piperidine rings is 1. The molecule has 0 radical (unpaired) electrons. The molecule has 2 atom stereocenters. The van der Waals surface area contributed by atoms with Gasteiger partial charge in [-0.05, 0) is 37.1 Å². The number of thiazole rings is 1. The molecule has 1 aromatic carbocycles. The average Bonchev–Trinajstić information content (AvgIpc) is 3.26. The molecule has 2 N–H and O–H groups in total. The van der Waals surface area contributed by atoms with Crippen LogP contribution in [-0.4, -0.2) is 38.4 Å². The highest BCUT2D eigenvalue weighted by Crippen LogP contribution is 2.36. The summed E-state index contributed by atoms with van der Waals surface area (Å²) >= 11 is 4.43. The Kier molecular flexibility index (Phi) is 7.08. The van der Waals surface area contributed by atoms with Crippen molar-refractivity contribution in [3.05, 3.63) is 58.9 Å². The van der Waals surface area contributed by atoms with Crippen molar-refractivity contribution in [2.24, 2.45) is 5.92 Å². The molecule has 0 bridgehead atoms. The Bertz CT molecular complexity index is 1250. The molecule has 1 amide bonds. The van der Waals surface area contributed by atoms with E-state index in [0.29, 0.717) is 31.3 Å². The zero-order valence-corrected chi connectivity index (χ0v) is 20.1. The number of alkyl halides is 4. The van der Waals surface area contributed by atoms with E-state index < -0.39 is 35.4 Å². The minimum Gasteiger partial charge on any atom is -0.481 e. The van der Waals surface area contributed by atoms with Crippen LogP contribution in [0.4, 0.5) is 28.5 Å². The molecule has 184 valence electrons. The van der Waals surface area contributed by atoms with Crippen molar-refractivity contribution in [2.45, 2.75) is 24.0 Å². The van der Waals surface area contributed by atoms with Crippen molar-refractivity contribution in [1.82, 2.24) is 9.97 Å². The summed E-state index contributed by atoms with van der Waals surface area (Å²) in [5.74, 6) is -2.68. The Morgan fingerprint density at radius 2 is 2.00 bits per heavy atom. The summed E-state index contributed by atoms with van der Waals surface area (Å²) in [6.45, 7) is 0.486. The van der Waals surface area contributed by atoms with Gasteiger partial charge in [0.25, 0.3) is 5.91 Å². The van der Waals surface area contributed by atoms with Gasteiger partial charge in [-0.15, -0.1) is 11.3 Å². The van der Waals surface area contributed by atoms with Crippen molar-refractivity contribution in [3.63, 3.8) is 0 Å². The van der Waals surface area contributed by atoms with Gasteiger partial charge >= 0.3 is 12.1 Å². The lowest BCUT2D eigenvalue weighted by molar-refractivity contribution is -0.142. The number of hydrogen-bond donors (Lipinski definition) is 2. The van der Waals surface area contributed by atoms with Crippen LogP contribution in [0.25, 0.3) is 11.3 Å². The van der Waals surface area contributed by atoms with Gasteiger partial charge in [0, 0.05) is 23.7 Å². The van der Waals surface area contributed by atoms with Crippen molar-refractivity contribution < 1.29 is 32.3 Å². The molecule has 13 heteroatoms. The number of carboxylic acid groups (broad SMARTS) is 1. The third-order valence-electron chi connectivity index (χ3n) is 5.49. The van der Waals surface area contributed by atoms with Crippen molar-refractivity contribution in [1.29, 1.82) is 0 Å². The molecule has 3 aromatic rings. The third-order valence-corrected chi connectivity index (χ3v) is 7.12. The van der Waals surface area contributed by atoms with Gasteiger partial charge in [0.05, 0.1) is 27.7 Å². The maximum Gasteiger partial charge on any atom is 0.419 e. The van der Waals surface area contributed by atoms with Crippen LogP contribution in [0.1, 0.15) is 28.8 Å². The predicted molar refractivity (Wildman–Crippen MR) is 125 cm³/mol. The summed E-state index contributed by atoms with van der Waals surface area (Å²) in [5, 5.41) is 13.2. The molecule has 35 heavy (non-hydrogen) atoms. The first-order valence-electron chi connectivity index (χ1n) is 10.3. The molecular formula is C22H17BrF4N4O3S. The first-order chi connectivity index (χ1) is 16.5. The Hall–Kier alpha value is -3.06. The van der Waals surface area contributed by atoms with E-state index in [0.717, 1.165) is 17.4 Å². The standard InChI is InChI=1S/C22H17BrF4N4O3S/c23-16-8-11(20(33)34)6-7-31(16)17-5-4-12(9-28-17)19(32)30-21-29-15(10-35-21)13-2-1-3-14(18(13)24)22(25,26)27/h1-5,9-11,16H,6-8H2,(H,33,34)(H,29,30,32).